The van der Waals surface area contributed by atoms with Crippen molar-refractivity contribution in [2.75, 3.05) is 0 Å². The molecule has 9 aromatic carbocycles. The summed E-state index contributed by atoms with van der Waals surface area (Å²) in [6, 6.07) is 65.1. The molecule has 3 aromatic heterocycles. The van der Waals surface area contributed by atoms with E-state index in [9.17, 15) is 0 Å². The molecule has 0 N–H and O–H groups in total. The molecule has 0 fully saturated rings. The number of benzene rings is 9. The van der Waals surface area contributed by atoms with E-state index in [1.165, 1.54) is 16.3 Å². The van der Waals surface area contributed by atoms with Crippen molar-refractivity contribution < 1.29 is 8.83 Å². The normalized spacial score (nSPS) is 11.8. The van der Waals surface area contributed by atoms with Gasteiger partial charge in [-0.25, -0.2) is 15.0 Å². The number of nitrogens with zero attached hydrogens (tertiary/aromatic N) is 3. The van der Waals surface area contributed by atoms with E-state index in [4.69, 9.17) is 23.8 Å². The predicted molar refractivity (Wildman–Crippen MR) is 237 cm³/mol. The van der Waals surface area contributed by atoms with Crippen molar-refractivity contribution in [3.8, 4) is 56.4 Å². The van der Waals surface area contributed by atoms with Gasteiger partial charge >= 0.3 is 0 Å². The van der Waals surface area contributed by atoms with Crippen LogP contribution in [-0.4, -0.2) is 15.0 Å². The molecule has 0 spiro atoms. The molecule has 0 atom stereocenters. The molecule has 0 saturated carbocycles. The standard InChI is InChI=1S/C53H31N3O2/c1-2-11-33(12-3-1)41-18-9-19-43-49-44(20-10-22-47(49)58-50(41)43)53-55-51(35-25-23-34(24-26-35)40-17-8-14-32-13-4-5-15-39(32)40)54-52(56-53)37-28-27-36-30-45-42-16-6-7-21-46(42)57-48(45)31-38(36)29-37/h1-31H. The topological polar surface area (TPSA) is 65.0 Å². The van der Waals surface area contributed by atoms with E-state index in [1.807, 2.05) is 36.4 Å². The maximum absolute atomic E-state index is 6.64. The second kappa shape index (κ2) is 12.8. The quantitative estimate of drug-likeness (QED) is 0.176. The Hall–Kier alpha value is -7.89. The molecule has 0 bridgehead atoms. The van der Waals surface area contributed by atoms with Gasteiger partial charge < -0.3 is 8.83 Å². The van der Waals surface area contributed by atoms with E-state index in [2.05, 4.69) is 152 Å². The fourth-order valence-corrected chi connectivity index (χ4v) is 8.52. The molecule has 0 saturated heterocycles. The number of para-hydroxylation sites is 2. The Morgan fingerprint density at radius 1 is 0.293 bits per heavy atom. The van der Waals surface area contributed by atoms with Crippen LogP contribution in [0.1, 0.15) is 0 Å². The molecule has 3 heterocycles. The molecule has 270 valence electrons. The minimum absolute atomic E-state index is 0.573. The summed E-state index contributed by atoms with van der Waals surface area (Å²) in [6.45, 7) is 0. The molecule has 5 nitrogen and oxygen atoms in total. The maximum Gasteiger partial charge on any atom is 0.164 e. The first-order valence-electron chi connectivity index (χ1n) is 19.4. The van der Waals surface area contributed by atoms with E-state index >= 15 is 0 Å². The number of hydrogen-bond donors (Lipinski definition) is 0. The predicted octanol–water partition coefficient (Wildman–Crippen LogP) is 14.3. The third-order valence-corrected chi connectivity index (χ3v) is 11.3. The van der Waals surface area contributed by atoms with E-state index in [-0.39, 0.29) is 0 Å². The van der Waals surface area contributed by atoms with Crippen LogP contribution >= 0.6 is 0 Å². The summed E-state index contributed by atoms with van der Waals surface area (Å²) in [6.07, 6.45) is 0. The number of rotatable bonds is 5. The number of furan rings is 2. The largest absolute Gasteiger partial charge is 0.456 e. The van der Waals surface area contributed by atoms with Crippen LogP contribution in [0.25, 0.3) is 122 Å². The first-order chi connectivity index (χ1) is 28.7. The van der Waals surface area contributed by atoms with Crippen molar-refractivity contribution in [1.29, 1.82) is 0 Å². The first-order valence-corrected chi connectivity index (χ1v) is 19.4. The Bertz CT molecular complexity index is 3560. The van der Waals surface area contributed by atoms with Gasteiger partial charge in [0.1, 0.15) is 22.3 Å². The minimum Gasteiger partial charge on any atom is -0.456 e. The molecule has 0 unspecified atom stereocenters. The van der Waals surface area contributed by atoms with Gasteiger partial charge in [-0.3, -0.25) is 0 Å². The smallest absolute Gasteiger partial charge is 0.164 e. The lowest BCUT2D eigenvalue weighted by Gasteiger charge is -2.11. The van der Waals surface area contributed by atoms with Crippen molar-refractivity contribution in [3.63, 3.8) is 0 Å². The summed E-state index contributed by atoms with van der Waals surface area (Å²) >= 11 is 0. The summed E-state index contributed by atoms with van der Waals surface area (Å²) in [5.41, 5.74) is 10.5. The van der Waals surface area contributed by atoms with Crippen LogP contribution in [0.15, 0.2) is 197 Å². The van der Waals surface area contributed by atoms with E-state index < -0.39 is 0 Å². The van der Waals surface area contributed by atoms with Crippen LogP contribution in [0.4, 0.5) is 0 Å². The number of fused-ring (bicyclic) bond motifs is 8. The summed E-state index contributed by atoms with van der Waals surface area (Å²) in [7, 11) is 0. The molecule has 12 aromatic rings. The molecule has 0 aliphatic heterocycles. The Balaban J connectivity index is 1.05. The van der Waals surface area contributed by atoms with Crippen molar-refractivity contribution in [2.45, 2.75) is 0 Å². The van der Waals surface area contributed by atoms with Crippen molar-refractivity contribution >= 4 is 65.4 Å². The lowest BCUT2D eigenvalue weighted by Crippen LogP contribution is -2.00. The summed E-state index contributed by atoms with van der Waals surface area (Å²) in [5, 5.41) is 8.78. The van der Waals surface area contributed by atoms with Gasteiger partial charge in [-0.2, -0.15) is 0 Å². The Labute approximate surface area is 332 Å². The zero-order valence-corrected chi connectivity index (χ0v) is 31.1. The van der Waals surface area contributed by atoms with Crippen molar-refractivity contribution in [1.82, 2.24) is 15.0 Å². The van der Waals surface area contributed by atoms with Gasteiger partial charge in [0.2, 0.25) is 0 Å². The molecule has 58 heavy (non-hydrogen) atoms. The summed E-state index contributed by atoms with van der Waals surface area (Å²) in [4.78, 5) is 15.6. The van der Waals surface area contributed by atoms with Crippen LogP contribution < -0.4 is 0 Å². The second-order valence-corrected chi connectivity index (χ2v) is 14.7. The van der Waals surface area contributed by atoms with Gasteiger partial charge in [-0.15, -0.1) is 0 Å². The van der Waals surface area contributed by atoms with Gasteiger partial charge in [0, 0.05) is 43.8 Å². The van der Waals surface area contributed by atoms with Crippen LogP contribution in [0.5, 0.6) is 0 Å². The van der Waals surface area contributed by atoms with Gasteiger partial charge in [-0.1, -0.05) is 158 Å². The highest BCUT2D eigenvalue weighted by atomic mass is 16.3. The molecule has 0 aliphatic carbocycles. The summed E-state index contributed by atoms with van der Waals surface area (Å²) in [5.74, 6) is 1.75. The highest BCUT2D eigenvalue weighted by molar-refractivity contribution is 6.15. The summed E-state index contributed by atoms with van der Waals surface area (Å²) < 4.78 is 12.9. The Kier molecular flexibility index (Phi) is 7.16. The molecule has 0 aliphatic rings. The van der Waals surface area contributed by atoms with Crippen LogP contribution in [-0.2, 0) is 0 Å². The Morgan fingerprint density at radius 3 is 1.81 bits per heavy atom. The molecule has 0 radical (unpaired) electrons. The fraction of sp³-hybridized carbons (Fsp3) is 0. The zero-order chi connectivity index (χ0) is 38.2. The second-order valence-electron chi connectivity index (χ2n) is 14.7. The van der Waals surface area contributed by atoms with Gasteiger partial charge in [0.15, 0.2) is 17.5 Å². The average Bonchev–Trinajstić information content (AvgIpc) is 3.86. The Morgan fingerprint density at radius 2 is 0.914 bits per heavy atom. The van der Waals surface area contributed by atoms with Gasteiger partial charge in [0.25, 0.3) is 0 Å². The third kappa shape index (κ3) is 5.21. The average molecular weight is 742 g/mol. The van der Waals surface area contributed by atoms with Crippen LogP contribution in [0, 0.1) is 0 Å². The SMILES string of the molecule is c1ccc(-c2cccc3c2oc2cccc(-c4nc(-c5ccc(-c6cccc7ccccc67)cc5)nc(-c5ccc6cc7c(cc6c5)oc5ccccc57)n4)c23)cc1. The molecular formula is C53H31N3O2. The van der Waals surface area contributed by atoms with Gasteiger partial charge in [-0.05, 0) is 68.6 Å². The highest BCUT2D eigenvalue weighted by Crippen LogP contribution is 2.41. The maximum atomic E-state index is 6.64. The molecule has 0 amide bonds. The lowest BCUT2D eigenvalue weighted by molar-refractivity contribution is 0.669. The highest BCUT2D eigenvalue weighted by Gasteiger charge is 2.20. The number of aromatic nitrogens is 3. The fourth-order valence-electron chi connectivity index (χ4n) is 8.52. The monoisotopic (exact) mass is 741 g/mol. The molecule has 12 rings (SSSR count). The zero-order valence-electron chi connectivity index (χ0n) is 31.1. The lowest BCUT2D eigenvalue weighted by atomic mass is 9.97. The number of hydrogen-bond acceptors (Lipinski definition) is 5. The van der Waals surface area contributed by atoms with Crippen molar-refractivity contribution in [2.24, 2.45) is 0 Å². The van der Waals surface area contributed by atoms with E-state index in [0.29, 0.717) is 17.5 Å². The minimum atomic E-state index is 0.573. The van der Waals surface area contributed by atoms with Crippen LogP contribution in [0.2, 0.25) is 0 Å². The van der Waals surface area contributed by atoms with Gasteiger partial charge in [0.05, 0.1) is 0 Å². The van der Waals surface area contributed by atoms with Crippen LogP contribution in [0.3, 0.4) is 0 Å². The molecular weight excluding hydrogens is 711 g/mol. The van der Waals surface area contributed by atoms with E-state index in [0.717, 1.165) is 88.0 Å². The van der Waals surface area contributed by atoms with Crippen molar-refractivity contribution in [3.05, 3.63) is 188 Å². The van der Waals surface area contributed by atoms with E-state index in [1.54, 1.807) is 0 Å². The molecule has 5 heteroatoms. The first kappa shape index (κ1) is 32.4. The third-order valence-electron chi connectivity index (χ3n) is 11.3.